The van der Waals surface area contributed by atoms with Crippen molar-refractivity contribution in [3.63, 3.8) is 0 Å². The molecule has 1 N–H and O–H groups in total. The molecule has 1 heterocycles. The van der Waals surface area contributed by atoms with Crippen LogP contribution < -0.4 is 0 Å². The fourth-order valence-electron chi connectivity index (χ4n) is 1.70. The maximum atomic E-state index is 10.3. The summed E-state index contributed by atoms with van der Waals surface area (Å²) in [6.07, 6.45) is 3.64. The van der Waals surface area contributed by atoms with Crippen molar-refractivity contribution in [3.05, 3.63) is 0 Å². The van der Waals surface area contributed by atoms with Gasteiger partial charge in [0.1, 0.15) is 0 Å². The van der Waals surface area contributed by atoms with Gasteiger partial charge >= 0.3 is 5.97 Å². The van der Waals surface area contributed by atoms with Gasteiger partial charge in [0.05, 0.1) is 0 Å². The molecule has 0 bridgehead atoms. The zero-order valence-corrected chi connectivity index (χ0v) is 7.62. The number of likely N-dealkylation sites (tertiary alicyclic amines) is 1. The van der Waals surface area contributed by atoms with Crippen molar-refractivity contribution in [1.82, 2.24) is 4.90 Å². The van der Waals surface area contributed by atoms with Crippen LogP contribution in [0.15, 0.2) is 0 Å². The van der Waals surface area contributed by atoms with Crippen LogP contribution in [0.2, 0.25) is 0 Å². The first kappa shape index (κ1) is 9.52. The van der Waals surface area contributed by atoms with Crippen LogP contribution in [-0.2, 0) is 4.79 Å². The van der Waals surface area contributed by atoms with E-state index in [0.29, 0.717) is 12.5 Å². The standard InChI is InChI=1S/C9H17NO2/c1-8(4-5-9(11)12)10-6-2-3-7-10/h8H,2-7H2,1H3,(H,11,12). The zero-order chi connectivity index (χ0) is 8.97. The Balaban J connectivity index is 2.17. The summed E-state index contributed by atoms with van der Waals surface area (Å²) in [5.74, 6) is -0.680. The Morgan fingerprint density at radius 2 is 2.08 bits per heavy atom. The second-order valence-corrected chi connectivity index (χ2v) is 3.52. The molecule has 0 saturated carbocycles. The van der Waals surface area contributed by atoms with Crippen molar-refractivity contribution >= 4 is 5.97 Å². The molecule has 70 valence electrons. The van der Waals surface area contributed by atoms with Gasteiger partial charge in [-0.1, -0.05) is 0 Å². The minimum atomic E-state index is -0.680. The van der Waals surface area contributed by atoms with E-state index in [1.54, 1.807) is 0 Å². The molecule has 0 amide bonds. The van der Waals surface area contributed by atoms with Gasteiger partial charge in [0.15, 0.2) is 0 Å². The molecular weight excluding hydrogens is 154 g/mol. The van der Waals surface area contributed by atoms with Gasteiger partial charge in [-0.25, -0.2) is 0 Å². The number of carboxylic acid groups (broad SMARTS) is 1. The van der Waals surface area contributed by atoms with Crippen LogP contribution in [-0.4, -0.2) is 35.1 Å². The summed E-state index contributed by atoms with van der Waals surface area (Å²) in [5, 5.41) is 8.49. The minimum Gasteiger partial charge on any atom is -0.481 e. The van der Waals surface area contributed by atoms with E-state index in [9.17, 15) is 4.79 Å². The molecule has 0 aromatic rings. The summed E-state index contributed by atoms with van der Waals surface area (Å²) < 4.78 is 0. The molecule has 0 radical (unpaired) electrons. The minimum absolute atomic E-state index is 0.303. The molecular formula is C9H17NO2. The molecule has 0 aromatic carbocycles. The largest absolute Gasteiger partial charge is 0.481 e. The highest BCUT2D eigenvalue weighted by Gasteiger charge is 2.18. The van der Waals surface area contributed by atoms with Gasteiger partial charge in [0, 0.05) is 12.5 Å². The molecule has 0 aromatic heterocycles. The summed E-state index contributed by atoms with van der Waals surface area (Å²) >= 11 is 0. The van der Waals surface area contributed by atoms with Crippen LogP contribution in [0.3, 0.4) is 0 Å². The van der Waals surface area contributed by atoms with E-state index in [2.05, 4.69) is 11.8 Å². The van der Waals surface area contributed by atoms with Crippen molar-refractivity contribution in [2.75, 3.05) is 13.1 Å². The molecule has 1 saturated heterocycles. The highest BCUT2D eigenvalue weighted by atomic mass is 16.4. The third-order valence-corrected chi connectivity index (χ3v) is 2.54. The third kappa shape index (κ3) is 2.81. The second kappa shape index (κ2) is 4.45. The van der Waals surface area contributed by atoms with Crippen LogP contribution in [0.1, 0.15) is 32.6 Å². The van der Waals surface area contributed by atoms with Crippen molar-refractivity contribution in [2.45, 2.75) is 38.6 Å². The Hall–Kier alpha value is -0.570. The number of rotatable bonds is 4. The average Bonchev–Trinajstić information content (AvgIpc) is 2.51. The lowest BCUT2D eigenvalue weighted by Crippen LogP contribution is -2.30. The second-order valence-electron chi connectivity index (χ2n) is 3.52. The number of carbonyl (C=O) groups is 1. The number of carboxylic acids is 1. The molecule has 1 fully saturated rings. The number of hydrogen-bond acceptors (Lipinski definition) is 2. The SMILES string of the molecule is CC(CCC(=O)O)N1CCCC1. The fraction of sp³-hybridized carbons (Fsp3) is 0.889. The highest BCUT2D eigenvalue weighted by molar-refractivity contribution is 5.66. The fourth-order valence-corrected chi connectivity index (χ4v) is 1.70. The van der Waals surface area contributed by atoms with Crippen LogP contribution in [0, 0.1) is 0 Å². The summed E-state index contributed by atoms with van der Waals surface area (Å²) in [4.78, 5) is 12.7. The molecule has 1 aliphatic heterocycles. The predicted molar refractivity (Wildman–Crippen MR) is 47.1 cm³/mol. The van der Waals surface area contributed by atoms with Gasteiger partial charge in [-0.05, 0) is 39.3 Å². The smallest absolute Gasteiger partial charge is 0.303 e. The Bertz CT molecular complexity index is 153. The molecule has 0 spiro atoms. The summed E-state index contributed by atoms with van der Waals surface area (Å²) in [7, 11) is 0. The molecule has 1 unspecified atom stereocenters. The highest BCUT2D eigenvalue weighted by Crippen LogP contribution is 2.14. The molecule has 1 aliphatic rings. The van der Waals surface area contributed by atoms with Crippen LogP contribution >= 0.6 is 0 Å². The predicted octanol–water partition coefficient (Wildman–Crippen LogP) is 1.34. The molecule has 3 nitrogen and oxygen atoms in total. The van der Waals surface area contributed by atoms with Crippen molar-refractivity contribution < 1.29 is 9.90 Å². The normalized spacial score (nSPS) is 21.1. The van der Waals surface area contributed by atoms with Gasteiger partial charge in [-0.3, -0.25) is 4.79 Å². The summed E-state index contributed by atoms with van der Waals surface area (Å²) in [6.45, 7) is 4.43. The van der Waals surface area contributed by atoms with E-state index < -0.39 is 5.97 Å². The Morgan fingerprint density at radius 3 is 2.58 bits per heavy atom. The van der Waals surface area contributed by atoms with E-state index >= 15 is 0 Å². The first-order chi connectivity index (χ1) is 5.70. The maximum absolute atomic E-state index is 10.3. The first-order valence-corrected chi connectivity index (χ1v) is 4.66. The lowest BCUT2D eigenvalue weighted by Gasteiger charge is -2.22. The van der Waals surface area contributed by atoms with E-state index in [1.807, 2.05) is 0 Å². The summed E-state index contributed by atoms with van der Waals surface area (Å²) in [6, 6.07) is 0.448. The molecule has 3 heteroatoms. The van der Waals surface area contributed by atoms with E-state index in [-0.39, 0.29) is 0 Å². The van der Waals surface area contributed by atoms with Gasteiger partial charge in [0.25, 0.3) is 0 Å². The van der Waals surface area contributed by atoms with E-state index in [0.717, 1.165) is 19.5 Å². The molecule has 0 aliphatic carbocycles. The van der Waals surface area contributed by atoms with Gasteiger partial charge in [-0.15, -0.1) is 0 Å². The van der Waals surface area contributed by atoms with Crippen molar-refractivity contribution in [1.29, 1.82) is 0 Å². The lowest BCUT2D eigenvalue weighted by atomic mass is 10.1. The monoisotopic (exact) mass is 171 g/mol. The molecule has 1 atom stereocenters. The molecule has 1 rings (SSSR count). The number of aliphatic carboxylic acids is 1. The van der Waals surface area contributed by atoms with Gasteiger partial charge in [0.2, 0.25) is 0 Å². The van der Waals surface area contributed by atoms with Crippen LogP contribution in [0.25, 0.3) is 0 Å². The van der Waals surface area contributed by atoms with Crippen molar-refractivity contribution in [2.24, 2.45) is 0 Å². The average molecular weight is 171 g/mol. The first-order valence-electron chi connectivity index (χ1n) is 4.66. The van der Waals surface area contributed by atoms with E-state index in [4.69, 9.17) is 5.11 Å². The Kier molecular flexibility index (Phi) is 3.53. The van der Waals surface area contributed by atoms with Crippen LogP contribution in [0.5, 0.6) is 0 Å². The third-order valence-electron chi connectivity index (χ3n) is 2.54. The van der Waals surface area contributed by atoms with Gasteiger partial charge < -0.3 is 10.0 Å². The lowest BCUT2D eigenvalue weighted by molar-refractivity contribution is -0.137. The summed E-state index contributed by atoms with van der Waals surface area (Å²) in [5.41, 5.74) is 0. The maximum Gasteiger partial charge on any atom is 0.303 e. The van der Waals surface area contributed by atoms with Gasteiger partial charge in [-0.2, -0.15) is 0 Å². The Labute approximate surface area is 73.4 Å². The number of hydrogen-bond donors (Lipinski definition) is 1. The zero-order valence-electron chi connectivity index (χ0n) is 7.62. The molecule has 12 heavy (non-hydrogen) atoms. The van der Waals surface area contributed by atoms with Crippen molar-refractivity contribution in [3.8, 4) is 0 Å². The number of nitrogens with zero attached hydrogens (tertiary/aromatic N) is 1. The van der Waals surface area contributed by atoms with E-state index in [1.165, 1.54) is 12.8 Å². The van der Waals surface area contributed by atoms with Crippen LogP contribution in [0.4, 0.5) is 0 Å². The quantitative estimate of drug-likeness (QED) is 0.693. The topological polar surface area (TPSA) is 40.5 Å². The Morgan fingerprint density at radius 1 is 1.50 bits per heavy atom.